The molecule has 1 saturated heterocycles. The fourth-order valence-electron chi connectivity index (χ4n) is 5.86. The number of carbonyl (C=O) groups is 2. The van der Waals surface area contributed by atoms with Gasteiger partial charge in [-0.25, -0.2) is 0 Å². The van der Waals surface area contributed by atoms with Gasteiger partial charge in [0, 0.05) is 69.6 Å². The Morgan fingerprint density at radius 1 is 1.12 bits per heavy atom. The number of aromatic nitrogens is 1. The van der Waals surface area contributed by atoms with Crippen molar-refractivity contribution >= 4 is 23.1 Å². The number of nitrogens with one attached hydrogen (secondary N) is 3. The van der Waals surface area contributed by atoms with Gasteiger partial charge >= 0.3 is 0 Å². The summed E-state index contributed by atoms with van der Waals surface area (Å²) in [6.07, 6.45) is 6.68. The summed E-state index contributed by atoms with van der Waals surface area (Å²) in [6.45, 7) is 5.14. The molecular formula is C32H43N5O3. The first-order valence-electron chi connectivity index (χ1n) is 14.7. The van der Waals surface area contributed by atoms with E-state index in [4.69, 9.17) is 4.74 Å². The van der Waals surface area contributed by atoms with Crippen LogP contribution in [0.1, 0.15) is 36.8 Å². The summed E-state index contributed by atoms with van der Waals surface area (Å²) in [5.74, 6) is 0.487. The van der Waals surface area contributed by atoms with E-state index in [1.165, 1.54) is 16.5 Å². The number of carbonyl (C=O) groups excluding carboxylic acids is 2. The van der Waals surface area contributed by atoms with Gasteiger partial charge in [-0.2, -0.15) is 0 Å². The molecule has 5 rings (SSSR count). The maximum Gasteiger partial charge on any atom is 0.227 e. The maximum atomic E-state index is 13.9. The summed E-state index contributed by atoms with van der Waals surface area (Å²) < 4.78 is 7.57. The van der Waals surface area contributed by atoms with Gasteiger partial charge in [0.15, 0.2) is 6.29 Å². The van der Waals surface area contributed by atoms with Gasteiger partial charge in [-0.1, -0.05) is 48.5 Å². The number of aryl methyl sites for hydroxylation is 1. The molecule has 0 spiro atoms. The van der Waals surface area contributed by atoms with Crippen molar-refractivity contribution in [3.05, 3.63) is 71.9 Å². The van der Waals surface area contributed by atoms with Crippen molar-refractivity contribution < 1.29 is 14.3 Å². The molecule has 8 heteroatoms. The average Bonchev–Trinajstić information content (AvgIpc) is 3.79. The molecule has 3 atom stereocenters. The minimum Gasteiger partial charge on any atom is -0.385 e. The highest BCUT2D eigenvalue weighted by molar-refractivity contribution is 5.85. The minimum atomic E-state index is -0.416. The average molecular weight is 546 g/mol. The predicted molar refractivity (Wildman–Crippen MR) is 158 cm³/mol. The van der Waals surface area contributed by atoms with Gasteiger partial charge in [-0.05, 0) is 55.3 Å². The zero-order chi connectivity index (χ0) is 27.7. The van der Waals surface area contributed by atoms with E-state index in [1.807, 2.05) is 30.3 Å². The van der Waals surface area contributed by atoms with E-state index in [2.05, 4.69) is 55.9 Å². The summed E-state index contributed by atoms with van der Waals surface area (Å²) in [5, 5.41) is 11.4. The first-order chi connectivity index (χ1) is 19.7. The molecule has 2 aromatic carbocycles. The number of amides is 1. The minimum absolute atomic E-state index is 0.0526. The van der Waals surface area contributed by atoms with Crippen LogP contribution >= 0.6 is 0 Å². The van der Waals surface area contributed by atoms with Crippen LogP contribution in [-0.4, -0.2) is 67.2 Å². The zero-order valence-electron chi connectivity index (χ0n) is 23.6. The molecule has 3 N–H and O–H groups in total. The van der Waals surface area contributed by atoms with Crippen molar-refractivity contribution in [1.29, 1.82) is 0 Å². The van der Waals surface area contributed by atoms with Crippen LogP contribution in [0, 0.1) is 11.8 Å². The van der Waals surface area contributed by atoms with Gasteiger partial charge in [0.2, 0.25) is 5.91 Å². The Balaban J connectivity index is 1.19. The van der Waals surface area contributed by atoms with E-state index in [0.29, 0.717) is 32.2 Å². The first-order valence-corrected chi connectivity index (χ1v) is 14.7. The number of aldehydes is 1. The van der Waals surface area contributed by atoms with Gasteiger partial charge in [0.05, 0.1) is 5.92 Å². The molecule has 2 fully saturated rings. The standard InChI is InChI=1S/C32H43N5O3/c1-40-15-7-14-36-21-27(29-10-5-6-11-30(29)36)22-37(28-12-13-28)32(39)26-16-25(17-33-20-26)19-35-31(23-38)34-18-24-8-3-2-4-9-24/h2-6,8-11,21,23,25-26,28,31,33-35H,7,12-20,22H2,1H3/t25-,26+,31?/m1/s1. The summed E-state index contributed by atoms with van der Waals surface area (Å²) >= 11 is 0. The van der Waals surface area contributed by atoms with Crippen LogP contribution in [-0.2, 0) is 34.0 Å². The molecule has 3 aromatic rings. The van der Waals surface area contributed by atoms with E-state index in [-0.39, 0.29) is 17.7 Å². The van der Waals surface area contributed by atoms with Gasteiger partial charge < -0.3 is 24.3 Å². The smallest absolute Gasteiger partial charge is 0.227 e. The topological polar surface area (TPSA) is 87.6 Å². The van der Waals surface area contributed by atoms with Gasteiger partial charge in [0.1, 0.15) is 6.17 Å². The van der Waals surface area contributed by atoms with Gasteiger partial charge in [-0.15, -0.1) is 0 Å². The van der Waals surface area contributed by atoms with Crippen molar-refractivity contribution in [1.82, 2.24) is 25.4 Å². The number of methoxy groups -OCH3 is 1. The van der Waals surface area contributed by atoms with Crippen molar-refractivity contribution in [2.75, 3.05) is 33.4 Å². The molecule has 2 aliphatic rings. The number of rotatable bonds is 15. The quantitative estimate of drug-likeness (QED) is 0.154. The molecule has 8 nitrogen and oxygen atoms in total. The van der Waals surface area contributed by atoms with E-state index in [1.54, 1.807) is 7.11 Å². The highest BCUT2D eigenvalue weighted by Crippen LogP contribution is 2.33. The van der Waals surface area contributed by atoms with E-state index < -0.39 is 6.17 Å². The lowest BCUT2D eigenvalue weighted by molar-refractivity contribution is -0.137. The molecule has 0 bridgehead atoms. The lowest BCUT2D eigenvalue weighted by Gasteiger charge is -2.34. The lowest BCUT2D eigenvalue weighted by atomic mass is 9.89. The number of ether oxygens (including phenoxy) is 1. The molecule has 0 radical (unpaired) electrons. The Morgan fingerprint density at radius 3 is 2.70 bits per heavy atom. The van der Waals surface area contributed by atoms with Crippen LogP contribution in [0.5, 0.6) is 0 Å². The Hall–Kier alpha value is -3.04. The third-order valence-corrected chi connectivity index (χ3v) is 8.15. The molecule has 1 unspecified atom stereocenters. The second-order valence-corrected chi connectivity index (χ2v) is 11.3. The zero-order valence-corrected chi connectivity index (χ0v) is 23.6. The van der Waals surface area contributed by atoms with Gasteiger partial charge in [-0.3, -0.25) is 15.4 Å². The number of hydrogen-bond donors (Lipinski definition) is 3. The molecule has 2 heterocycles. The predicted octanol–water partition coefficient (Wildman–Crippen LogP) is 3.30. The third kappa shape index (κ3) is 7.37. The summed E-state index contributed by atoms with van der Waals surface area (Å²) in [7, 11) is 1.74. The summed E-state index contributed by atoms with van der Waals surface area (Å²) in [5.41, 5.74) is 3.57. The fourth-order valence-corrected chi connectivity index (χ4v) is 5.86. The number of piperidine rings is 1. The van der Waals surface area contributed by atoms with Gasteiger partial charge in [0.25, 0.3) is 0 Å². The SMILES string of the molecule is COCCCn1cc(CN(C(=O)[C@@H]2CNC[C@H](CNC(C=O)NCc3ccccc3)C2)C2CC2)c2ccccc21. The Bertz CT molecular complexity index is 1240. The third-order valence-electron chi connectivity index (χ3n) is 8.15. The number of fused-ring (bicyclic) bond motifs is 1. The molecule has 214 valence electrons. The second-order valence-electron chi connectivity index (χ2n) is 11.3. The van der Waals surface area contributed by atoms with E-state index in [0.717, 1.165) is 57.2 Å². The van der Waals surface area contributed by atoms with Crippen LogP contribution in [0.2, 0.25) is 0 Å². The Kier molecular flexibility index (Phi) is 10.00. The van der Waals surface area contributed by atoms with E-state index >= 15 is 0 Å². The second kappa shape index (κ2) is 14.0. The summed E-state index contributed by atoms with van der Waals surface area (Å²) in [6, 6.07) is 18.9. The molecule has 1 aliphatic carbocycles. The van der Waals surface area contributed by atoms with Crippen molar-refractivity contribution in [2.24, 2.45) is 11.8 Å². The normalized spacial score (nSPS) is 19.9. The number of nitrogens with zero attached hydrogens (tertiary/aromatic N) is 2. The number of hydrogen-bond acceptors (Lipinski definition) is 6. The monoisotopic (exact) mass is 545 g/mol. The fraction of sp³-hybridized carbons (Fsp3) is 0.500. The highest BCUT2D eigenvalue weighted by atomic mass is 16.5. The van der Waals surface area contributed by atoms with Crippen LogP contribution in [0.4, 0.5) is 0 Å². The highest BCUT2D eigenvalue weighted by Gasteiger charge is 2.38. The number of benzene rings is 2. The molecule has 40 heavy (non-hydrogen) atoms. The van der Waals surface area contributed by atoms with Crippen LogP contribution < -0.4 is 16.0 Å². The maximum absolute atomic E-state index is 13.9. The van der Waals surface area contributed by atoms with Crippen molar-refractivity contribution in [2.45, 2.75) is 57.5 Å². The Labute approximate surface area is 237 Å². The van der Waals surface area contributed by atoms with Crippen LogP contribution in [0.25, 0.3) is 10.9 Å². The molecule has 1 amide bonds. The lowest BCUT2D eigenvalue weighted by Crippen LogP contribution is -2.50. The molecule has 1 aromatic heterocycles. The molecule has 1 saturated carbocycles. The summed E-state index contributed by atoms with van der Waals surface area (Å²) in [4.78, 5) is 27.7. The van der Waals surface area contributed by atoms with Crippen molar-refractivity contribution in [3.63, 3.8) is 0 Å². The number of para-hydroxylation sites is 1. The van der Waals surface area contributed by atoms with Crippen LogP contribution in [0.15, 0.2) is 60.8 Å². The molecule has 1 aliphatic heterocycles. The Morgan fingerprint density at radius 2 is 1.93 bits per heavy atom. The van der Waals surface area contributed by atoms with E-state index in [9.17, 15) is 9.59 Å². The largest absolute Gasteiger partial charge is 0.385 e. The molecular weight excluding hydrogens is 502 g/mol. The first kappa shape index (κ1) is 28.5. The van der Waals surface area contributed by atoms with Crippen molar-refractivity contribution in [3.8, 4) is 0 Å². The van der Waals surface area contributed by atoms with Crippen LogP contribution in [0.3, 0.4) is 0 Å².